The van der Waals surface area contributed by atoms with Gasteiger partial charge in [0.15, 0.2) is 0 Å². The van der Waals surface area contributed by atoms with Crippen LogP contribution in [0.15, 0.2) is 97.6 Å². The number of nitrogens with zero attached hydrogens (tertiary/aromatic N) is 2. The Morgan fingerprint density at radius 2 is 1.55 bits per heavy atom. The van der Waals surface area contributed by atoms with E-state index in [4.69, 9.17) is 0 Å². The molecule has 2 amide bonds. The summed E-state index contributed by atoms with van der Waals surface area (Å²) < 4.78 is 0. The summed E-state index contributed by atoms with van der Waals surface area (Å²) in [5, 5.41) is 13.7. The molecule has 1 unspecified atom stereocenters. The van der Waals surface area contributed by atoms with Gasteiger partial charge in [0.05, 0.1) is 11.0 Å². The van der Waals surface area contributed by atoms with Crippen LogP contribution in [0.3, 0.4) is 0 Å². The standard InChI is InChI=1S/C25H23N3O3/c1-2-22-17-25(19-9-5-3-6-10-19,20-11-7-4-8-12-20)18-27(22)24(29)26-21-13-15-23(16-14-21)28(30)31/h2-16,22H,1,17-18H2,(H,26,29). The van der Waals surface area contributed by atoms with E-state index in [0.29, 0.717) is 12.2 Å². The number of nitro benzene ring substituents is 1. The minimum atomic E-state index is -0.464. The van der Waals surface area contributed by atoms with Crippen LogP contribution in [0.1, 0.15) is 17.5 Å². The molecule has 1 N–H and O–H groups in total. The zero-order chi connectivity index (χ0) is 21.8. The maximum absolute atomic E-state index is 13.2. The van der Waals surface area contributed by atoms with E-state index >= 15 is 0 Å². The van der Waals surface area contributed by atoms with E-state index in [0.717, 1.165) is 17.5 Å². The van der Waals surface area contributed by atoms with Crippen LogP contribution < -0.4 is 5.32 Å². The highest BCUT2D eigenvalue weighted by Crippen LogP contribution is 2.44. The van der Waals surface area contributed by atoms with Crippen LogP contribution in [-0.2, 0) is 5.41 Å². The van der Waals surface area contributed by atoms with Gasteiger partial charge < -0.3 is 10.2 Å². The Balaban J connectivity index is 1.65. The fourth-order valence-corrected chi connectivity index (χ4v) is 4.33. The number of likely N-dealkylation sites (tertiary alicyclic amines) is 1. The number of anilines is 1. The third-order valence-electron chi connectivity index (χ3n) is 5.91. The Morgan fingerprint density at radius 3 is 2.03 bits per heavy atom. The molecule has 6 nitrogen and oxygen atoms in total. The quantitative estimate of drug-likeness (QED) is 0.347. The number of non-ortho nitro benzene ring substituents is 1. The fraction of sp³-hybridized carbons (Fsp3) is 0.160. The second kappa shape index (κ2) is 8.44. The van der Waals surface area contributed by atoms with Crippen molar-refractivity contribution >= 4 is 17.4 Å². The molecular formula is C25H23N3O3. The monoisotopic (exact) mass is 413 g/mol. The normalized spacial score (nSPS) is 17.2. The molecule has 6 heteroatoms. The maximum Gasteiger partial charge on any atom is 0.322 e. The lowest BCUT2D eigenvalue weighted by Gasteiger charge is -2.30. The molecular weight excluding hydrogens is 390 g/mol. The molecule has 1 aliphatic heterocycles. The summed E-state index contributed by atoms with van der Waals surface area (Å²) in [6.45, 7) is 4.47. The topological polar surface area (TPSA) is 75.5 Å². The highest BCUT2D eigenvalue weighted by Gasteiger charge is 2.47. The van der Waals surface area contributed by atoms with Crippen molar-refractivity contribution in [3.8, 4) is 0 Å². The van der Waals surface area contributed by atoms with Gasteiger partial charge in [-0.25, -0.2) is 4.79 Å². The van der Waals surface area contributed by atoms with Crippen molar-refractivity contribution in [1.29, 1.82) is 0 Å². The van der Waals surface area contributed by atoms with Gasteiger partial charge in [-0.3, -0.25) is 10.1 Å². The molecule has 156 valence electrons. The summed E-state index contributed by atoms with van der Waals surface area (Å²) in [7, 11) is 0. The summed E-state index contributed by atoms with van der Waals surface area (Å²) in [5.74, 6) is 0. The highest BCUT2D eigenvalue weighted by molar-refractivity contribution is 5.90. The molecule has 0 radical (unpaired) electrons. The summed E-state index contributed by atoms with van der Waals surface area (Å²) in [6.07, 6.45) is 2.53. The first-order valence-corrected chi connectivity index (χ1v) is 10.1. The van der Waals surface area contributed by atoms with Crippen LogP contribution in [-0.4, -0.2) is 28.4 Å². The zero-order valence-corrected chi connectivity index (χ0v) is 17.0. The van der Waals surface area contributed by atoms with Crippen LogP contribution in [0.25, 0.3) is 0 Å². The van der Waals surface area contributed by atoms with Crippen molar-refractivity contribution in [3.05, 3.63) is 119 Å². The van der Waals surface area contributed by atoms with Crippen molar-refractivity contribution in [2.45, 2.75) is 17.9 Å². The molecule has 0 saturated carbocycles. The van der Waals surface area contributed by atoms with Gasteiger partial charge in [0.2, 0.25) is 0 Å². The van der Waals surface area contributed by atoms with E-state index in [-0.39, 0.29) is 23.2 Å². The van der Waals surface area contributed by atoms with Gasteiger partial charge in [-0.1, -0.05) is 66.7 Å². The molecule has 1 saturated heterocycles. The minimum absolute atomic E-state index is 0.0182. The SMILES string of the molecule is C=CC1CC(c2ccccc2)(c2ccccc2)CN1C(=O)Nc1ccc([N+](=O)[O-])cc1. The lowest BCUT2D eigenvalue weighted by Crippen LogP contribution is -2.40. The molecule has 3 aromatic rings. The Bertz CT molecular complexity index is 1040. The van der Waals surface area contributed by atoms with Crippen LogP contribution >= 0.6 is 0 Å². The van der Waals surface area contributed by atoms with Crippen molar-refractivity contribution < 1.29 is 9.72 Å². The van der Waals surface area contributed by atoms with E-state index in [1.807, 2.05) is 42.5 Å². The van der Waals surface area contributed by atoms with Gasteiger partial charge in [-0.05, 0) is 29.7 Å². The Morgan fingerprint density at radius 1 is 1.00 bits per heavy atom. The molecule has 0 spiro atoms. The van der Waals surface area contributed by atoms with Crippen molar-refractivity contribution in [2.24, 2.45) is 0 Å². The zero-order valence-electron chi connectivity index (χ0n) is 17.0. The molecule has 0 aliphatic carbocycles. The van der Waals surface area contributed by atoms with Crippen molar-refractivity contribution in [3.63, 3.8) is 0 Å². The second-order valence-electron chi connectivity index (χ2n) is 7.68. The molecule has 0 bridgehead atoms. The van der Waals surface area contributed by atoms with Crippen LogP contribution in [0.5, 0.6) is 0 Å². The van der Waals surface area contributed by atoms with Gasteiger partial charge in [-0.2, -0.15) is 0 Å². The average molecular weight is 413 g/mol. The number of urea groups is 1. The minimum Gasteiger partial charge on any atom is -0.317 e. The second-order valence-corrected chi connectivity index (χ2v) is 7.68. The third kappa shape index (κ3) is 3.92. The van der Waals surface area contributed by atoms with Crippen molar-refractivity contribution in [2.75, 3.05) is 11.9 Å². The Kier molecular flexibility index (Phi) is 5.54. The van der Waals surface area contributed by atoms with Crippen LogP contribution in [0, 0.1) is 10.1 Å². The molecule has 31 heavy (non-hydrogen) atoms. The summed E-state index contributed by atoms with van der Waals surface area (Å²) >= 11 is 0. The molecule has 1 heterocycles. The van der Waals surface area contributed by atoms with E-state index in [1.165, 1.54) is 24.3 Å². The lowest BCUT2D eigenvalue weighted by atomic mass is 9.73. The number of carbonyl (C=O) groups excluding carboxylic acids is 1. The number of amides is 2. The predicted molar refractivity (Wildman–Crippen MR) is 121 cm³/mol. The number of nitrogens with one attached hydrogen (secondary N) is 1. The first-order chi connectivity index (χ1) is 15.0. The average Bonchev–Trinajstić information content (AvgIpc) is 3.22. The molecule has 0 aromatic heterocycles. The van der Waals surface area contributed by atoms with Gasteiger partial charge >= 0.3 is 6.03 Å². The summed E-state index contributed by atoms with van der Waals surface area (Å²) in [6, 6.07) is 25.9. The molecule has 3 aromatic carbocycles. The number of hydrogen-bond donors (Lipinski definition) is 1. The lowest BCUT2D eigenvalue weighted by molar-refractivity contribution is -0.384. The first-order valence-electron chi connectivity index (χ1n) is 10.1. The van der Waals surface area contributed by atoms with Crippen LogP contribution in [0.4, 0.5) is 16.2 Å². The summed E-state index contributed by atoms with van der Waals surface area (Å²) in [5.41, 5.74) is 2.44. The fourth-order valence-electron chi connectivity index (χ4n) is 4.33. The smallest absolute Gasteiger partial charge is 0.317 e. The van der Waals surface area contributed by atoms with Gasteiger partial charge in [0.1, 0.15) is 0 Å². The maximum atomic E-state index is 13.2. The Hall–Kier alpha value is -3.93. The van der Waals surface area contributed by atoms with Gasteiger partial charge in [0.25, 0.3) is 5.69 Å². The van der Waals surface area contributed by atoms with Gasteiger partial charge in [-0.15, -0.1) is 6.58 Å². The van der Waals surface area contributed by atoms with Crippen molar-refractivity contribution in [1.82, 2.24) is 4.90 Å². The number of benzene rings is 3. The Labute approximate surface area is 181 Å². The predicted octanol–water partition coefficient (Wildman–Crippen LogP) is 5.37. The number of carbonyl (C=O) groups is 1. The third-order valence-corrected chi connectivity index (χ3v) is 5.91. The molecule has 4 rings (SSSR count). The number of nitro groups is 1. The van der Waals surface area contributed by atoms with Crippen LogP contribution in [0.2, 0.25) is 0 Å². The first kappa shape index (κ1) is 20.3. The van der Waals surface area contributed by atoms with E-state index in [9.17, 15) is 14.9 Å². The largest absolute Gasteiger partial charge is 0.322 e. The molecule has 1 aliphatic rings. The summed E-state index contributed by atoms with van der Waals surface area (Å²) in [4.78, 5) is 25.4. The molecule has 1 atom stereocenters. The van der Waals surface area contributed by atoms with E-state index in [1.54, 1.807) is 4.90 Å². The van der Waals surface area contributed by atoms with Gasteiger partial charge in [0, 0.05) is 29.8 Å². The van der Waals surface area contributed by atoms with E-state index in [2.05, 4.69) is 36.2 Å². The van der Waals surface area contributed by atoms with E-state index < -0.39 is 4.92 Å². The number of rotatable bonds is 5. The number of hydrogen-bond acceptors (Lipinski definition) is 3. The highest BCUT2D eigenvalue weighted by atomic mass is 16.6. The molecule has 1 fully saturated rings.